The fourth-order valence-corrected chi connectivity index (χ4v) is 3.39. The molecule has 0 radical (unpaired) electrons. The van der Waals surface area contributed by atoms with Crippen LogP contribution in [0.25, 0.3) is 0 Å². The van der Waals surface area contributed by atoms with Crippen molar-refractivity contribution in [1.82, 2.24) is 10.2 Å². The Kier molecular flexibility index (Phi) is 7.56. The highest BCUT2D eigenvalue weighted by molar-refractivity contribution is 7.80. The number of halogens is 1. The molecule has 1 saturated heterocycles. The van der Waals surface area contributed by atoms with Gasteiger partial charge in [0.15, 0.2) is 5.11 Å². The summed E-state index contributed by atoms with van der Waals surface area (Å²) in [4.78, 5) is 5.39. The highest BCUT2D eigenvalue weighted by Crippen LogP contribution is 2.09. The Morgan fingerprint density at radius 3 is 2.74 bits per heavy atom. The number of rotatable bonds is 6. The molecule has 1 aliphatic heterocycles. The van der Waals surface area contributed by atoms with Crippen molar-refractivity contribution >= 4 is 28.9 Å². The lowest BCUT2D eigenvalue weighted by Crippen LogP contribution is -3.13. The molecule has 23 heavy (non-hydrogen) atoms. The molecular formula is C17H29ClN4S+2. The van der Waals surface area contributed by atoms with Crippen molar-refractivity contribution in [3.63, 3.8) is 0 Å². The first-order valence-corrected chi connectivity index (χ1v) is 9.23. The molecule has 0 unspecified atom stereocenters. The third kappa shape index (κ3) is 6.63. The van der Waals surface area contributed by atoms with Crippen molar-refractivity contribution in [3.8, 4) is 0 Å². The van der Waals surface area contributed by atoms with Crippen LogP contribution in [0.15, 0.2) is 24.3 Å². The third-order valence-electron chi connectivity index (χ3n) is 4.23. The lowest BCUT2D eigenvalue weighted by molar-refractivity contribution is -0.917. The highest BCUT2D eigenvalue weighted by atomic mass is 35.5. The first-order valence-electron chi connectivity index (χ1n) is 8.44. The number of hydrogen-bond acceptors (Lipinski definition) is 1. The van der Waals surface area contributed by atoms with Crippen molar-refractivity contribution in [3.05, 3.63) is 34.9 Å². The van der Waals surface area contributed by atoms with Crippen LogP contribution in [-0.4, -0.2) is 63.4 Å². The summed E-state index contributed by atoms with van der Waals surface area (Å²) < 4.78 is 0. The minimum absolute atomic E-state index is 0.825. The number of thiocarbonyl (C=S) groups is 1. The van der Waals surface area contributed by atoms with Crippen molar-refractivity contribution in [1.29, 1.82) is 0 Å². The normalized spacial score (nSPS) is 15.9. The number of quaternary nitrogens is 2. The van der Waals surface area contributed by atoms with Crippen molar-refractivity contribution in [2.75, 3.05) is 53.4 Å². The quantitative estimate of drug-likeness (QED) is 0.471. The molecule has 0 spiro atoms. The Hall–Kier alpha value is -0.880. The second-order valence-corrected chi connectivity index (χ2v) is 7.41. The van der Waals surface area contributed by atoms with Gasteiger partial charge in [-0.25, -0.2) is 0 Å². The van der Waals surface area contributed by atoms with Gasteiger partial charge in [0, 0.05) is 23.6 Å². The molecule has 1 aromatic rings. The molecular weight excluding hydrogens is 328 g/mol. The molecule has 0 aromatic heterocycles. The van der Waals surface area contributed by atoms with Crippen LogP contribution < -0.4 is 15.1 Å². The number of nitrogens with one attached hydrogen (secondary N) is 3. The molecule has 2 rings (SSSR count). The van der Waals surface area contributed by atoms with Gasteiger partial charge < -0.3 is 20.0 Å². The number of nitrogens with zero attached hydrogens (tertiary/aromatic N) is 1. The monoisotopic (exact) mass is 356 g/mol. The van der Waals surface area contributed by atoms with Crippen LogP contribution in [0.5, 0.6) is 0 Å². The molecule has 1 fully saturated rings. The Bertz CT molecular complexity index is 501. The van der Waals surface area contributed by atoms with Crippen molar-refractivity contribution in [2.24, 2.45) is 0 Å². The van der Waals surface area contributed by atoms with Gasteiger partial charge in [0.25, 0.3) is 0 Å². The van der Waals surface area contributed by atoms with Crippen LogP contribution in [0, 0.1) is 0 Å². The van der Waals surface area contributed by atoms with Crippen LogP contribution in [0.4, 0.5) is 0 Å². The minimum Gasteiger partial charge on any atom is -0.362 e. The van der Waals surface area contributed by atoms with Gasteiger partial charge in [-0.3, -0.25) is 0 Å². The van der Waals surface area contributed by atoms with Crippen LogP contribution >= 0.6 is 23.8 Å². The predicted molar refractivity (Wildman–Crippen MR) is 100 cm³/mol. The number of piperazine rings is 1. The molecule has 0 atom stereocenters. The Labute approximate surface area is 150 Å². The molecule has 1 aliphatic rings. The first kappa shape index (κ1) is 18.5. The fraction of sp³-hybridized carbons (Fsp3) is 0.588. The maximum Gasteiger partial charge on any atom is 0.169 e. The number of benzene rings is 1. The molecule has 4 nitrogen and oxygen atoms in total. The summed E-state index contributed by atoms with van der Waals surface area (Å²) in [7, 11) is 4.36. The molecule has 0 amide bonds. The standard InChI is InChI=1S/C17H27ClN4S/c1-20(2)8-4-7-19-17(23)22-11-9-21(10-12-22)14-15-5-3-6-16(18)13-15/h3,5-6,13H,4,7-12,14H2,1-2H3,(H,19,23)/p+2. The van der Waals surface area contributed by atoms with Gasteiger partial charge in [-0.2, -0.15) is 0 Å². The van der Waals surface area contributed by atoms with Crippen LogP contribution in [0.1, 0.15) is 12.0 Å². The summed E-state index contributed by atoms with van der Waals surface area (Å²) in [5.74, 6) is 0. The third-order valence-corrected chi connectivity index (χ3v) is 4.87. The van der Waals surface area contributed by atoms with Crippen LogP contribution in [0.2, 0.25) is 5.02 Å². The summed E-state index contributed by atoms with van der Waals surface area (Å²) in [6.07, 6.45) is 1.16. The summed E-state index contributed by atoms with van der Waals surface area (Å²) in [6.45, 7) is 7.49. The van der Waals surface area contributed by atoms with Crippen LogP contribution in [0.3, 0.4) is 0 Å². The molecule has 3 N–H and O–H groups in total. The average Bonchev–Trinajstić information content (AvgIpc) is 2.52. The summed E-state index contributed by atoms with van der Waals surface area (Å²) >= 11 is 11.6. The largest absolute Gasteiger partial charge is 0.362 e. The van der Waals surface area contributed by atoms with Crippen molar-refractivity contribution in [2.45, 2.75) is 13.0 Å². The van der Waals surface area contributed by atoms with E-state index < -0.39 is 0 Å². The zero-order chi connectivity index (χ0) is 16.7. The van der Waals surface area contributed by atoms with Gasteiger partial charge >= 0.3 is 0 Å². The van der Waals surface area contributed by atoms with E-state index in [0.717, 1.165) is 55.8 Å². The van der Waals surface area contributed by atoms with Crippen LogP contribution in [-0.2, 0) is 6.54 Å². The number of hydrogen-bond donors (Lipinski definition) is 3. The highest BCUT2D eigenvalue weighted by Gasteiger charge is 2.21. The molecule has 6 heteroatoms. The molecule has 1 heterocycles. The van der Waals surface area contributed by atoms with Crippen molar-refractivity contribution < 1.29 is 9.80 Å². The average molecular weight is 357 g/mol. The molecule has 1 aromatic carbocycles. The van der Waals surface area contributed by atoms with Gasteiger partial charge in [0.1, 0.15) is 6.54 Å². The lowest BCUT2D eigenvalue weighted by atomic mass is 10.2. The maximum atomic E-state index is 6.06. The van der Waals surface area contributed by atoms with E-state index in [1.807, 2.05) is 12.1 Å². The maximum absolute atomic E-state index is 6.06. The van der Waals surface area contributed by atoms with E-state index in [9.17, 15) is 0 Å². The molecule has 0 aliphatic carbocycles. The van der Waals surface area contributed by atoms with E-state index in [0.29, 0.717) is 0 Å². The van der Waals surface area contributed by atoms with E-state index >= 15 is 0 Å². The van der Waals surface area contributed by atoms with E-state index in [1.54, 1.807) is 4.90 Å². The second-order valence-electron chi connectivity index (χ2n) is 6.59. The zero-order valence-electron chi connectivity index (χ0n) is 14.2. The lowest BCUT2D eigenvalue weighted by Gasteiger charge is -2.34. The Balaban J connectivity index is 1.68. The Morgan fingerprint density at radius 1 is 1.35 bits per heavy atom. The van der Waals surface area contributed by atoms with E-state index in [2.05, 4.69) is 36.4 Å². The second kappa shape index (κ2) is 9.42. The SMILES string of the molecule is C[NH+](C)CCCNC(=S)N1CC[NH+](Cc2cccc(Cl)c2)CC1. The fourth-order valence-electron chi connectivity index (χ4n) is 2.89. The topological polar surface area (TPSA) is 24.2 Å². The predicted octanol–water partition coefficient (Wildman–Crippen LogP) is -0.550. The van der Waals surface area contributed by atoms with E-state index in [4.69, 9.17) is 23.8 Å². The first-order chi connectivity index (χ1) is 11.0. The summed E-state index contributed by atoms with van der Waals surface area (Å²) in [5.41, 5.74) is 1.31. The van der Waals surface area contributed by atoms with Gasteiger partial charge in [0.05, 0.1) is 46.8 Å². The Morgan fingerprint density at radius 2 is 2.09 bits per heavy atom. The summed E-state index contributed by atoms with van der Waals surface area (Å²) in [5, 5.41) is 5.14. The van der Waals surface area contributed by atoms with Gasteiger partial charge in [-0.05, 0) is 24.4 Å². The molecule has 0 saturated carbocycles. The summed E-state index contributed by atoms with van der Waals surface area (Å²) in [6, 6.07) is 8.19. The van der Waals surface area contributed by atoms with Gasteiger partial charge in [0.2, 0.25) is 0 Å². The minimum atomic E-state index is 0.825. The van der Waals surface area contributed by atoms with E-state index in [-0.39, 0.29) is 0 Å². The van der Waals surface area contributed by atoms with Gasteiger partial charge in [-0.15, -0.1) is 0 Å². The zero-order valence-corrected chi connectivity index (χ0v) is 15.8. The molecule has 128 valence electrons. The smallest absolute Gasteiger partial charge is 0.169 e. The molecule has 0 bridgehead atoms. The van der Waals surface area contributed by atoms with E-state index in [1.165, 1.54) is 17.0 Å². The van der Waals surface area contributed by atoms with Gasteiger partial charge in [-0.1, -0.05) is 23.7 Å².